The van der Waals surface area contributed by atoms with E-state index >= 15 is 0 Å². The van der Waals surface area contributed by atoms with E-state index in [4.69, 9.17) is 4.74 Å². The van der Waals surface area contributed by atoms with Crippen molar-refractivity contribution in [1.29, 1.82) is 0 Å². The first-order valence-electron chi connectivity index (χ1n) is 7.24. The summed E-state index contributed by atoms with van der Waals surface area (Å²) in [6, 6.07) is 7.32. The molecule has 7 nitrogen and oxygen atoms in total. The topological polar surface area (TPSA) is 93.2 Å². The number of carbonyl (C=O) groups is 2. The van der Waals surface area contributed by atoms with Gasteiger partial charge in [0, 0.05) is 11.1 Å². The molecule has 7 heteroatoms. The van der Waals surface area contributed by atoms with Crippen molar-refractivity contribution in [2.24, 2.45) is 0 Å². The summed E-state index contributed by atoms with van der Waals surface area (Å²) >= 11 is 0. The molecular formula is C16H20N4O3. The first-order valence-corrected chi connectivity index (χ1v) is 7.24. The summed E-state index contributed by atoms with van der Waals surface area (Å²) in [5, 5.41) is 5.89. The van der Waals surface area contributed by atoms with Gasteiger partial charge < -0.3 is 15.4 Å². The molecule has 2 N–H and O–H groups in total. The molecule has 0 aromatic carbocycles. The van der Waals surface area contributed by atoms with E-state index in [1.807, 2.05) is 25.1 Å². The highest BCUT2D eigenvalue weighted by molar-refractivity contribution is 5.94. The maximum atomic E-state index is 11.8. The van der Waals surface area contributed by atoms with Crippen LogP contribution in [-0.4, -0.2) is 34.1 Å². The molecule has 2 aromatic heterocycles. The van der Waals surface area contributed by atoms with Gasteiger partial charge in [0.05, 0.1) is 0 Å². The molecule has 0 radical (unpaired) electrons. The summed E-state index contributed by atoms with van der Waals surface area (Å²) in [6.45, 7) is 6.93. The number of hydrogen-bond donors (Lipinski definition) is 2. The van der Waals surface area contributed by atoms with E-state index < -0.39 is 17.6 Å². The fourth-order valence-corrected chi connectivity index (χ4v) is 1.82. The predicted octanol–water partition coefficient (Wildman–Crippen LogP) is 2.40. The van der Waals surface area contributed by atoms with Crippen LogP contribution in [0.25, 0.3) is 11.0 Å². The summed E-state index contributed by atoms with van der Waals surface area (Å²) in [5.41, 5.74) is 0.798. The van der Waals surface area contributed by atoms with E-state index in [2.05, 4.69) is 20.6 Å². The zero-order chi connectivity index (χ0) is 17.0. The number of alkyl carbamates (subject to hydrolysis) is 1. The Morgan fingerprint density at radius 1 is 1.13 bits per heavy atom. The predicted molar refractivity (Wildman–Crippen MR) is 87.1 cm³/mol. The van der Waals surface area contributed by atoms with Gasteiger partial charge in [-0.15, -0.1) is 0 Å². The summed E-state index contributed by atoms with van der Waals surface area (Å²) in [6.07, 6.45) is -0.642. The van der Waals surface area contributed by atoms with Gasteiger partial charge in [-0.05, 0) is 52.0 Å². The average Bonchev–Trinajstić information content (AvgIpc) is 2.43. The number of carbonyl (C=O) groups excluding carboxylic acids is 2. The number of pyridine rings is 2. The standard InChI is InChI=1S/C16H20N4O3/c1-10-5-6-11-7-8-12(20-14(11)18-10)19-13(21)9-17-15(22)23-16(2,3)4/h5-8H,9H2,1-4H3,(H,17,22)(H,18,19,20,21). The van der Waals surface area contributed by atoms with E-state index in [0.29, 0.717) is 11.5 Å². The van der Waals surface area contributed by atoms with E-state index in [1.54, 1.807) is 26.8 Å². The zero-order valence-electron chi connectivity index (χ0n) is 13.6. The van der Waals surface area contributed by atoms with E-state index in [-0.39, 0.29) is 6.54 Å². The van der Waals surface area contributed by atoms with Crippen molar-refractivity contribution in [2.75, 3.05) is 11.9 Å². The van der Waals surface area contributed by atoms with Crippen LogP contribution in [0.1, 0.15) is 26.5 Å². The quantitative estimate of drug-likeness (QED) is 0.907. The Kier molecular flexibility index (Phi) is 4.78. The van der Waals surface area contributed by atoms with Crippen LogP contribution < -0.4 is 10.6 Å². The Morgan fingerprint density at radius 2 is 1.83 bits per heavy atom. The minimum absolute atomic E-state index is 0.199. The molecule has 2 heterocycles. The number of hydrogen-bond acceptors (Lipinski definition) is 5. The summed E-state index contributed by atoms with van der Waals surface area (Å²) < 4.78 is 5.05. The number of nitrogens with zero attached hydrogens (tertiary/aromatic N) is 2. The van der Waals surface area contributed by atoms with Gasteiger partial charge in [0.15, 0.2) is 5.65 Å². The molecular weight excluding hydrogens is 296 g/mol. The lowest BCUT2D eigenvalue weighted by molar-refractivity contribution is -0.115. The second kappa shape index (κ2) is 6.60. The highest BCUT2D eigenvalue weighted by atomic mass is 16.6. The highest BCUT2D eigenvalue weighted by Crippen LogP contribution is 2.13. The lowest BCUT2D eigenvalue weighted by Crippen LogP contribution is -2.37. The monoisotopic (exact) mass is 316 g/mol. The van der Waals surface area contributed by atoms with Crippen molar-refractivity contribution < 1.29 is 14.3 Å². The van der Waals surface area contributed by atoms with Crippen molar-refractivity contribution in [1.82, 2.24) is 15.3 Å². The van der Waals surface area contributed by atoms with Crippen molar-refractivity contribution in [2.45, 2.75) is 33.3 Å². The van der Waals surface area contributed by atoms with E-state index in [9.17, 15) is 9.59 Å². The SMILES string of the molecule is Cc1ccc2ccc(NC(=O)CNC(=O)OC(C)(C)C)nc2n1. The zero-order valence-corrected chi connectivity index (χ0v) is 13.6. The number of aromatic nitrogens is 2. The number of rotatable bonds is 3. The Bertz CT molecular complexity index is 738. The molecule has 2 rings (SSSR count). The van der Waals surface area contributed by atoms with Gasteiger partial charge in [0.25, 0.3) is 0 Å². The van der Waals surface area contributed by atoms with Crippen molar-refractivity contribution in [3.05, 3.63) is 30.0 Å². The number of anilines is 1. The molecule has 0 saturated heterocycles. The molecule has 0 unspecified atom stereocenters. The maximum absolute atomic E-state index is 11.8. The minimum Gasteiger partial charge on any atom is -0.444 e. The molecule has 0 aliphatic carbocycles. The van der Waals surface area contributed by atoms with Gasteiger partial charge in [-0.1, -0.05) is 0 Å². The molecule has 0 atom stereocenters. The van der Waals surface area contributed by atoms with Crippen LogP contribution in [-0.2, 0) is 9.53 Å². The van der Waals surface area contributed by atoms with Gasteiger partial charge >= 0.3 is 6.09 Å². The molecule has 0 spiro atoms. The van der Waals surface area contributed by atoms with Gasteiger partial charge in [0.2, 0.25) is 5.91 Å². The third-order valence-corrected chi connectivity index (χ3v) is 2.75. The summed E-state index contributed by atoms with van der Waals surface area (Å²) in [5.74, 6) is -0.0121. The maximum Gasteiger partial charge on any atom is 0.408 e. The van der Waals surface area contributed by atoms with Crippen LogP contribution in [0.2, 0.25) is 0 Å². The van der Waals surface area contributed by atoms with Crippen LogP contribution in [0, 0.1) is 6.92 Å². The number of nitrogens with one attached hydrogen (secondary N) is 2. The molecule has 0 saturated carbocycles. The molecule has 0 aliphatic rings. The molecule has 2 aromatic rings. The molecule has 0 fully saturated rings. The summed E-state index contributed by atoms with van der Waals surface area (Å²) in [4.78, 5) is 31.9. The third-order valence-electron chi connectivity index (χ3n) is 2.75. The van der Waals surface area contributed by atoms with Crippen LogP contribution in [0.5, 0.6) is 0 Å². The lowest BCUT2D eigenvalue weighted by atomic mass is 10.2. The molecule has 122 valence electrons. The van der Waals surface area contributed by atoms with Gasteiger partial charge in [-0.3, -0.25) is 4.79 Å². The van der Waals surface area contributed by atoms with Gasteiger partial charge in [0.1, 0.15) is 18.0 Å². The van der Waals surface area contributed by atoms with Gasteiger partial charge in [-0.25, -0.2) is 14.8 Å². The Balaban J connectivity index is 1.94. The van der Waals surface area contributed by atoms with Crippen molar-refractivity contribution >= 4 is 28.9 Å². The lowest BCUT2D eigenvalue weighted by Gasteiger charge is -2.19. The highest BCUT2D eigenvalue weighted by Gasteiger charge is 2.16. The molecule has 0 bridgehead atoms. The van der Waals surface area contributed by atoms with E-state index in [0.717, 1.165) is 11.1 Å². The molecule has 0 aliphatic heterocycles. The second-order valence-corrected chi connectivity index (χ2v) is 6.10. The summed E-state index contributed by atoms with van der Waals surface area (Å²) in [7, 11) is 0. The first kappa shape index (κ1) is 16.7. The normalized spacial score (nSPS) is 11.1. The minimum atomic E-state index is -0.642. The van der Waals surface area contributed by atoms with Gasteiger partial charge in [-0.2, -0.15) is 0 Å². The van der Waals surface area contributed by atoms with Crippen LogP contribution >= 0.6 is 0 Å². The fourth-order valence-electron chi connectivity index (χ4n) is 1.82. The molecule has 2 amide bonds. The molecule has 23 heavy (non-hydrogen) atoms. The van der Waals surface area contributed by atoms with Crippen molar-refractivity contribution in [3.8, 4) is 0 Å². The third kappa shape index (κ3) is 5.21. The number of aryl methyl sites for hydroxylation is 1. The Labute approximate surface area is 134 Å². The van der Waals surface area contributed by atoms with Crippen LogP contribution in [0.15, 0.2) is 24.3 Å². The second-order valence-electron chi connectivity index (χ2n) is 6.10. The van der Waals surface area contributed by atoms with Crippen LogP contribution in [0.4, 0.5) is 10.6 Å². The number of ether oxygens (including phenoxy) is 1. The first-order chi connectivity index (χ1) is 10.7. The smallest absolute Gasteiger partial charge is 0.408 e. The van der Waals surface area contributed by atoms with E-state index in [1.165, 1.54) is 0 Å². The number of fused-ring (bicyclic) bond motifs is 1. The van der Waals surface area contributed by atoms with Crippen molar-refractivity contribution in [3.63, 3.8) is 0 Å². The fraction of sp³-hybridized carbons (Fsp3) is 0.375. The average molecular weight is 316 g/mol. The largest absolute Gasteiger partial charge is 0.444 e. The number of amides is 2. The van der Waals surface area contributed by atoms with Crippen LogP contribution in [0.3, 0.4) is 0 Å². The Morgan fingerprint density at radius 3 is 2.52 bits per heavy atom. The Hall–Kier alpha value is -2.70.